The van der Waals surface area contributed by atoms with Gasteiger partial charge in [0.25, 0.3) is 0 Å². The minimum Gasteiger partial charge on any atom is -0.306 e. The summed E-state index contributed by atoms with van der Waals surface area (Å²) >= 11 is 5.60. The van der Waals surface area contributed by atoms with Crippen molar-refractivity contribution in [2.75, 3.05) is 11.5 Å². The number of thioether (sulfide) groups is 1. The molecular weight excluding hydrogens is 284 g/mol. The van der Waals surface area contributed by atoms with Crippen molar-refractivity contribution in [1.29, 1.82) is 0 Å². The van der Waals surface area contributed by atoms with Crippen LogP contribution in [0.4, 0.5) is 0 Å². The Kier molecular flexibility index (Phi) is 2.94. The van der Waals surface area contributed by atoms with Crippen LogP contribution in [-0.4, -0.2) is 20.9 Å². The van der Waals surface area contributed by atoms with Gasteiger partial charge in [0.05, 0.1) is 10.2 Å². The molecule has 2 aromatic rings. The van der Waals surface area contributed by atoms with Crippen LogP contribution in [0.15, 0.2) is 29.0 Å². The van der Waals surface area contributed by atoms with Gasteiger partial charge in [0.1, 0.15) is 0 Å². The Morgan fingerprint density at radius 3 is 3.25 bits per heavy atom. The Morgan fingerprint density at radius 1 is 1.56 bits per heavy atom. The molecule has 0 aliphatic carbocycles. The molecule has 1 unspecified atom stereocenters. The van der Waals surface area contributed by atoms with Crippen LogP contribution in [0.1, 0.15) is 12.1 Å². The molecule has 2 nitrogen and oxygen atoms in total. The molecule has 3 rings (SSSR count). The van der Waals surface area contributed by atoms with Crippen LogP contribution in [0, 0.1) is 5.92 Å². The first-order valence-corrected chi connectivity index (χ1v) is 7.47. The number of imidazole rings is 1. The molecule has 4 heteroatoms. The van der Waals surface area contributed by atoms with Crippen molar-refractivity contribution < 1.29 is 0 Å². The van der Waals surface area contributed by atoms with E-state index in [1.807, 2.05) is 12.1 Å². The average Bonchev–Trinajstić information content (AvgIpc) is 2.88. The van der Waals surface area contributed by atoms with E-state index in [1.165, 1.54) is 23.6 Å². The lowest BCUT2D eigenvalue weighted by Crippen LogP contribution is -2.02. The molecule has 1 saturated heterocycles. The van der Waals surface area contributed by atoms with E-state index in [9.17, 15) is 0 Å². The molecule has 0 aromatic carbocycles. The average molecular weight is 297 g/mol. The number of nitrogens with zero attached hydrogens (tertiary/aromatic N) is 2. The summed E-state index contributed by atoms with van der Waals surface area (Å²) in [5, 5.41) is 0. The van der Waals surface area contributed by atoms with E-state index in [1.54, 1.807) is 0 Å². The maximum Gasteiger partial charge on any atom is 0.151 e. The highest BCUT2D eigenvalue weighted by molar-refractivity contribution is 9.10. The predicted octanol–water partition coefficient (Wildman–Crippen LogP) is 3.39. The summed E-state index contributed by atoms with van der Waals surface area (Å²) in [5.41, 5.74) is 2.25. The first-order chi connectivity index (χ1) is 7.83. The van der Waals surface area contributed by atoms with Crippen molar-refractivity contribution >= 4 is 33.3 Å². The Morgan fingerprint density at radius 2 is 2.50 bits per heavy atom. The second kappa shape index (κ2) is 4.41. The van der Waals surface area contributed by atoms with Gasteiger partial charge in [0, 0.05) is 12.4 Å². The molecule has 3 heterocycles. The van der Waals surface area contributed by atoms with Gasteiger partial charge in [-0.2, -0.15) is 11.8 Å². The van der Waals surface area contributed by atoms with Crippen molar-refractivity contribution in [3.63, 3.8) is 0 Å². The third kappa shape index (κ3) is 2.00. The highest BCUT2D eigenvalue weighted by Gasteiger charge is 2.17. The summed E-state index contributed by atoms with van der Waals surface area (Å²) in [5.74, 6) is 3.45. The highest BCUT2D eigenvalue weighted by atomic mass is 79.9. The molecule has 0 saturated carbocycles. The number of hydrogen-bond donors (Lipinski definition) is 0. The summed E-state index contributed by atoms with van der Waals surface area (Å²) in [6.45, 7) is 0. The van der Waals surface area contributed by atoms with Gasteiger partial charge in [-0.05, 0) is 58.3 Å². The normalized spacial score (nSPS) is 20.7. The maximum absolute atomic E-state index is 4.68. The topological polar surface area (TPSA) is 17.3 Å². The van der Waals surface area contributed by atoms with Gasteiger partial charge in [-0.1, -0.05) is 0 Å². The lowest BCUT2D eigenvalue weighted by molar-refractivity contribution is 0.589. The van der Waals surface area contributed by atoms with Crippen LogP contribution in [0.25, 0.3) is 5.65 Å². The van der Waals surface area contributed by atoms with E-state index < -0.39 is 0 Å². The zero-order chi connectivity index (χ0) is 11.0. The molecule has 84 valence electrons. The Bertz CT molecular complexity index is 503. The molecule has 16 heavy (non-hydrogen) atoms. The molecule has 1 fully saturated rings. The molecule has 1 aliphatic heterocycles. The van der Waals surface area contributed by atoms with E-state index in [0.717, 1.165) is 22.5 Å². The molecule has 0 spiro atoms. The third-order valence-electron chi connectivity index (χ3n) is 3.01. The Balaban J connectivity index is 1.90. The monoisotopic (exact) mass is 296 g/mol. The number of hydrogen-bond acceptors (Lipinski definition) is 2. The minimum atomic E-state index is 0.827. The zero-order valence-electron chi connectivity index (χ0n) is 8.90. The lowest BCUT2D eigenvalue weighted by Gasteiger charge is -2.03. The summed E-state index contributed by atoms with van der Waals surface area (Å²) < 4.78 is 3.17. The van der Waals surface area contributed by atoms with Crippen molar-refractivity contribution in [3.05, 3.63) is 34.7 Å². The molecular formula is C12H13BrN2S. The second-order valence-electron chi connectivity index (χ2n) is 4.25. The van der Waals surface area contributed by atoms with Crippen molar-refractivity contribution in [2.45, 2.75) is 12.8 Å². The van der Waals surface area contributed by atoms with Gasteiger partial charge in [-0.25, -0.2) is 4.98 Å². The van der Waals surface area contributed by atoms with Gasteiger partial charge < -0.3 is 4.40 Å². The summed E-state index contributed by atoms with van der Waals surface area (Å²) in [6.07, 6.45) is 6.68. The summed E-state index contributed by atoms with van der Waals surface area (Å²) in [6, 6.07) is 4.07. The Labute approximate surface area is 108 Å². The third-order valence-corrected chi connectivity index (χ3v) is 4.86. The molecule has 0 amide bonds. The first kappa shape index (κ1) is 10.7. The van der Waals surface area contributed by atoms with Crippen LogP contribution in [-0.2, 0) is 6.42 Å². The fraction of sp³-hybridized carbons (Fsp3) is 0.417. The van der Waals surface area contributed by atoms with E-state index in [-0.39, 0.29) is 0 Å². The summed E-state index contributed by atoms with van der Waals surface area (Å²) in [4.78, 5) is 4.68. The summed E-state index contributed by atoms with van der Waals surface area (Å²) in [7, 11) is 0. The predicted molar refractivity (Wildman–Crippen MR) is 72.0 cm³/mol. The zero-order valence-corrected chi connectivity index (χ0v) is 11.3. The number of aromatic nitrogens is 2. The molecule has 0 radical (unpaired) electrons. The standard InChI is InChI=1S/C12H13BrN2S/c13-11-2-1-4-15-7-10(14-12(11)15)6-9-3-5-16-8-9/h1-2,4,7,9H,3,5-6,8H2. The van der Waals surface area contributed by atoms with E-state index in [2.05, 4.69) is 49.5 Å². The van der Waals surface area contributed by atoms with Gasteiger partial charge >= 0.3 is 0 Å². The van der Waals surface area contributed by atoms with Gasteiger partial charge in [0.2, 0.25) is 0 Å². The van der Waals surface area contributed by atoms with E-state index in [4.69, 9.17) is 0 Å². The van der Waals surface area contributed by atoms with Crippen LogP contribution >= 0.6 is 27.7 Å². The fourth-order valence-electron chi connectivity index (χ4n) is 2.17. The van der Waals surface area contributed by atoms with Crippen molar-refractivity contribution in [2.24, 2.45) is 5.92 Å². The SMILES string of the molecule is Brc1cccn2cc(CC3CCSC3)nc12. The van der Waals surface area contributed by atoms with Crippen molar-refractivity contribution in [3.8, 4) is 0 Å². The van der Waals surface area contributed by atoms with Crippen LogP contribution in [0.2, 0.25) is 0 Å². The quantitative estimate of drug-likeness (QED) is 0.845. The molecule has 1 atom stereocenters. The highest BCUT2D eigenvalue weighted by Crippen LogP contribution is 2.27. The van der Waals surface area contributed by atoms with Gasteiger partial charge in [0.15, 0.2) is 5.65 Å². The largest absolute Gasteiger partial charge is 0.306 e. The second-order valence-corrected chi connectivity index (χ2v) is 6.26. The molecule has 1 aliphatic rings. The maximum atomic E-state index is 4.68. The first-order valence-electron chi connectivity index (χ1n) is 5.53. The van der Waals surface area contributed by atoms with Crippen LogP contribution < -0.4 is 0 Å². The van der Waals surface area contributed by atoms with Crippen LogP contribution in [0.3, 0.4) is 0 Å². The smallest absolute Gasteiger partial charge is 0.151 e. The number of pyridine rings is 1. The molecule has 0 bridgehead atoms. The number of rotatable bonds is 2. The Hall–Kier alpha value is -0.480. The van der Waals surface area contributed by atoms with E-state index >= 15 is 0 Å². The van der Waals surface area contributed by atoms with E-state index in [0.29, 0.717) is 0 Å². The molecule has 2 aromatic heterocycles. The minimum absolute atomic E-state index is 0.827. The molecule has 0 N–H and O–H groups in total. The fourth-order valence-corrected chi connectivity index (χ4v) is 3.90. The van der Waals surface area contributed by atoms with Gasteiger partial charge in [-0.3, -0.25) is 0 Å². The lowest BCUT2D eigenvalue weighted by atomic mass is 10.0. The van der Waals surface area contributed by atoms with Gasteiger partial charge in [-0.15, -0.1) is 0 Å². The van der Waals surface area contributed by atoms with Crippen LogP contribution in [0.5, 0.6) is 0 Å². The number of halogens is 1. The number of fused-ring (bicyclic) bond motifs is 1. The van der Waals surface area contributed by atoms with Crippen molar-refractivity contribution in [1.82, 2.24) is 9.38 Å².